The van der Waals surface area contributed by atoms with Crippen LogP contribution in [0.4, 0.5) is 0 Å². The van der Waals surface area contributed by atoms with E-state index in [9.17, 15) is 0 Å². The molecule has 0 aliphatic carbocycles. The van der Waals surface area contributed by atoms with Gasteiger partial charge in [-0.1, -0.05) is 0 Å². The molecule has 1 aliphatic heterocycles. The van der Waals surface area contributed by atoms with Crippen LogP contribution in [0.25, 0.3) is 0 Å². The van der Waals surface area contributed by atoms with E-state index in [0.29, 0.717) is 0 Å². The summed E-state index contributed by atoms with van der Waals surface area (Å²) in [6, 6.07) is 0. The Balaban J connectivity index is 0.00000162. The van der Waals surface area contributed by atoms with E-state index >= 15 is 0 Å². The summed E-state index contributed by atoms with van der Waals surface area (Å²) < 4.78 is 2.05. The number of halogens is 1. The van der Waals surface area contributed by atoms with Crippen LogP contribution < -0.4 is 5.32 Å². The minimum Gasteiger partial charge on any atom is -0.357 e. The van der Waals surface area contributed by atoms with Crippen LogP contribution in [0.5, 0.6) is 0 Å². The summed E-state index contributed by atoms with van der Waals surface area (Å²) in [7, 11) is 0. The van der Waals surface area contributed by atoms with E-state index in [1.165, 1.54) is 12.8 Å². The molecule has 2 heterocycles. The molecule has 0 aromatic carbocycles. The molecule has 0 unspecified atom stereocenters. The number of hydrogen-bond donors (Lipinski definition) is 1. The van der Waals surface area contributed by atoms with Crippen molar-refractivity contribution in [3.8, 4) is 0 Å². The highest BCUT2D eigenvalue weighted by molar-refractivity contribution is 14.0. The highest BCUT2D eigenvalue weighted by Gasteiger charge is 2.14. The summed E-state index contributed by atoms with van der Waals surface area (Å²) in [6.45, 7) is 7.01. The second-order valence-corrected chi connectivity index (χ2v) is 4.23. The lowest BCUT2D eigenvalue weighted by Crippen LogP contribution is -2.39. The highest BCUT2D eigenvalue weighted by atomic mass is 127. The van der Waals surface area contributed by atoms with Crippen molar-refractivity contribution in [1.29, 1.82) is 0 Å². The lowest BCUT2D eigenvalue weighted by Gasteiger charge is -2.20. The van der Waals surface area contributed by atoms with E-state index in [1.54, 1.807) is 6.20 Å². The predicted octanol–water partition coefficient (Wildman–Crippen LogP) is 1.56. The molecule has 18 heavy (non-hydrogen) atoms. The maximum atomic E-state index is 4.65. The monoisotopic (exact) mass is 363 g/mol. The van der Waals surface area contributed by atoms with Crippen LogP contribution in [-0.4, -0.2) is 46.6 Å². The number of aromatic nitrogens is 2. The molecule has 1 N–H and O–H groups in total. The van der Waals surface area contributed by atoms with Gasteiger partial charge in [0.15, 0.2) is 5.96 Å². The standard InChI is InChI=1S/C12H21N5.HI/c1-2-14-12(17-7-3-4-8-17)15-6-10-16-9-5-13-11-16;/h5,9,11H,2-4,6-8,10H2,1H3,(H,14,15);1H. The largest absolute Gasteiger partial charge is 0.357 e. The molecule has 102 valence electrons. The van der Waals surface area contributed by atoms with Crippen molar-refractivity contribution in [2.45, 2.75) is 26.3 Å². The summed E-state index contributed by atoms with van der Waals surface area (Å²) in [6.07, 6.45) is 8.17. The Morgan fingerprint density at radius 3 is 2.78 bits per heavy atom. The highest BCUT2D eigenvalue weighted by Crippen LogP contribution is 2.07. The summed E-state index contributed by atoms with van der Waals surface area (Å²) in [5.74, 6) is 1.06. The van der Waals surface area contributed by atoms with Gasteiger partial charge in [-0.3, -0.25) is 4.99 Å². The molecule has 0 atom stereocenters. The quantitative estimate of drug-likeness (QED) is 0.502. The molecule has 0 radical (unpaired) electrons. The van der Waals surface area contributed by atoms with Crippen molar-refractivity contribution in [2.75, 3.05) is 26.2 Å². The minimum atomic E-state index is 0. The smallest absolute Gasteiger partial charge is 0.193 e. The van der Waals surface area contributed by atoms with Crippen molar-refractivity contribution in [2.24, 2.45) is 4.99 Å². The second-order valence-electron chi connectivity index (χ2n) is 4.23. The van der Waals surface area contributed by atoms with Crippen molar-refractivity contribution in [3.05, 3.63) is 18.7 Å². The van der Waals surface area contributed by atoms with Crippen molar-refractivity contribution in [1.82, 2.24) is 19.8 Å². The molecule has 1 aliphatic rings. The van der Waals surface area contributed by atoms with Crippen molar-refractivity contribution in [3.63, 3.8) is 0 Å². The van der Waals surface area contributed by atoms with Crippen molar-refractivity contribution < 1.29 is 0 Å². The fourth-order valence-corrected chi connectivity index (χ4v) is 2.05. The van der Waals surface area contributed by atoms with Gasteiger partial charge in [0.2, 0.25) is 0 Å². The molecular formula is C12H22IN5. The molecule has 0 bridgehead atoms. The van der Waals surface area contributed by atoms with Gasteiger partial charge in [-0.25, -0.2) is 4.98 Å². The van der Waals surface area contributed by atoms with Crippen LogP contribution in [-0.2, 0) is 6.54 Å². The molecule has 1 aromatic rings. The Bertz CT molecular complexity index is 343. The SMILES string of the molecule is CCNC(=NCCn1ccnc1)N1CCCC1.I. The van der Waals surface area contributed by atoms with Gasteiger partial charge >= 0.3 is 0 Å². The molecule has 2 rings (SSSR count). The second kappa shape index (κ2) is 8.34. The lowest BCUT2D eigenvalue weighted by atomic mass is 10.4. The summed E-state index contributed by atoms with van der Waals surface area (Å²) in [5.41, 5.74) is 0. The van der Waals surface area contributed by atoms with Gasteiger partial charge in [-0.15, -0.1) is 24.0 Å². The third-order valence-electron chi connectivity index (χ3n) is 2.92. The van der Waals surface area contributed by atoms with Gasteiger partial charge in [-0.05, 0) is 19.8 Å². The summed E-state index contributed by atoms with van der Waals surface area (Å²) in [5, 5.41) is 3.36. The number of nitrogens with one attached hydrogen (secondary N) is 1. The normalized spacial score (nSPS) is 15.6. The first-order valence-electron chi connectivity index (χ1n) is 6.39. The molecule has 5 nitrogen and oxygen atoms in total. The zero-order valence-electron chi connectivity index (χ0n) is 10.9. The lowest BCUT2D eigenvalue weighted by molar-refractivity contribution is 0.492. The Labute approximate surface area is 126 Å². The topological polar surface area (TPSA) is 45.5 Å². The van der Waals surface area contributed by atoms with Gasteiger partial charge in [0.1, 0.15) is 0 Å². The fourth-order valence-electron chi connectivity index (χ4n) is 2.05. The number of imidazole rings is 1. The first-order valence-corrected chi connectivity index (χ1v) is 6.39. The van der Waals surface area contributed by atoms with Gasteiger partial charge in [0.05, 0.1) is 12.9 Å². The minimum absolute atomic E-state index is 0. The summed E-state index contributed by atoms with van der Waals surface area (Å²) >= 11 is 0. The zero-order chi connectivity index (χ0) is 11.9. The predicted molar refractivity (Wildman–Crippen MR) is 84.4 cm³/mol. The van der Waals surface area contributed by atoms with Crippen LogP contribution in [0.15, 0.2) is 23.7 Å². The van der Waals surface area contributed by atoms with E-state index in [0.717, 1.165) is 38.7 Å². The van der Waals surface area contributed by atoms with Crippen LogP contribution >= 0.6 is 24.0 Å². The molecule has 6 heteroatoms. The first-order chi connectivity index (χ1) is 8.40. The molecule has 0 spiro atoms. The van der Waals surface area contributed by atoms with Crippen LogP contribution in [0.2, 0.25) is 0 Å². The Morgan fingerprint density at radius 1 is 1.39 bits per heavy atom. The van der Waals surface area contributed by atoms with Crippen LogP contribution in [0.3, 0.4) is 0 Å². The van der Waals surface area contributed by atoms with Gasteiger partial charge < -0.3 is 14.8 Å². The molecule has 1 saturated heterocycles. The van der Waals surface area contributed by atoms with E-state index in [-0.39, 0.29) is 24.0 Å². The maximum Gasteiger partial charge on any atom is 0.193 e. The van der Waals surface area contributed by atoms with E-state index in [1.807, 2.05) is 12.5 Å². The number of rotatable bonds is 4. The zero-order valence-corrected chi connectivity index (χ0v) is 13.2. The molecule has 0 saturated carbocycles. The van der Waals surface area contributed by atoms with E-state index < -0.39 is 0 Å². The third kappa shape index (κ3) is 4.47. The van der Waals surface area contributed by atoms with Crippen LogP contribution in [0, 0.1) is 0 Å². The number of likely N-dealkylation sites (tertiary alicyclic amines) is 1. The molecule has 1 aromatic heterocycles. The average Bonchev–Trinajstić information content (AvgIpc) is 3.01. The molecule has 1 fully saturated rings. The fraction of sp³-hybridized carbons (Fsp3) is 0.667. The number of aliphatic imine (C=N–C) groups is 1. The van der Waals surface area contributed by atoms with Gasteiger partial charge in [0, 0.05) is 38.6 Å². The van der Waals surface area contributed by atoms with Gasteiger partial charge in [-0.2, -0.15) is 0 Å². The molecular weight excluding hydrogens is 341 g/mol. The Morgan fingerprint density at radius 2 is 2.17 bits per heavy atom. The Kier molecular flexibility index (Phi) is 7.07. The maximum absolute atomic E-state index is 4.65. The average molecular weight is 363 g/mol. The van der Waals surface area contributed by atoms with Crippen molar-refractivity contribution >= 4 is 29.9 Å². The van der Waals surface area contributed by atoms with E-state index in [4.69, 9.17) is 0 Å². The third-order valence-corrected chi connectivity index (χ3v) is 2.92. The number of hydrogen-bond acceptors (Lipinski definition) is 2. The summed E-state index contributed by atoms with van der Waals surface area (Å²) in [4.78, 5) is 11.0. The number of guanidine groups is 1. The molecule has 0 amide bonds. The van der Waals surface area contributed by atoms with Gasteiger partial charge in [0.25, 0.3) is 0 Å². The first kappa shape index (κ1) is 15.3. The van der Waals surface area contributed by atoms with Crippen LogP contribution in [0.1, 0.15) is 19.8 Å². The number of nitrogens with zero attached hydrogens (tertiary/aromatic N) is 4. The van der Waals surface area contributed by atoms with E-state index in [2.05, 4.69) is 31.7 Å². The Hall–Kier alpha value is -0.790.